The van der Waals surface area contributed by atoms with E-state index >= 15 is 0 Å². The average Bonchev–Trinajstić information content (AvgIpc) is 2.86. The van der Waals surface area contributed by atoms with E-state index in [4.69, 9.17) is 0 Å². The first-order valence-corrected chi connectivity index (χ1v) is 13.3. The molecule has 0 saturated carbocycles. The second kappa shape index (κ2) is 9.61. The molecule has 2 nitrogen and oxygen atoms in total. The second-order valence-electron chi connectivity index (χ2n) is 9.85. The second-order valence-corrected chi connectivity index (χ2v) is 11.3. The molecule has 2 aromatic carbocycles. The number of sulfone groups is 1. The van der Waals surface area contributed by atoms with E-state index in [2.05, 4.69) is 86.5 Å². The Morgan fingerprint density at radius 1 is 0.686 bits per heavy atom. The van der Waals surface area contributed by atoms with Crippen molar-refractivity contribution in [2.45, 2.75) is 51.4 Å². The zero-order valence-corrected chi connectivity index (χ0v) is 21.5. The van der Waals surface area contributed by atoms with E-state index in [9.17, 15) is 8.42 Å². The summed E-state index contributed by atoms with van der Waals surface area (Å²) < 4.78 is 25.6. The van der Waals surface area contributed by atoms with Crippen molar-refractivity contribution in [3.63, 3.8) is 0 Å². The normalized spacial score (nSPS) is 23.3. The molecule has 2 atom stereocenters. The predicted molar refractivity (Wildman–Crippen MR) is 145 cm³/mol. The standard InChI is InChI=1S/C32H30O2S/c1-25-13-19-31(3,20-14-25)29-11-7-5-9-27(29)17-23-35(33,34)24-18-28-10-6-8-12-30(28)32(4)21-15-26(2)16-22-32/h5-16,19,21H,20,22H2,1-4H3. The molecule has 3 heteroatoms. The van der Waals surface area contributed by atoms with E-state index in [1.54, 1.807) is 0 Å². The van der Waals surface area contributed by atoms with E-state index in [0.29, 0.717) is 11.1 Å². The summed E-state index contributed by atoms with van der Waals surface area (Å²) in [6.07, 6.45) is 14.6. The first-order chi connectivity index (χ1) is 16.6. The highest BCUT2D eigenvalue weighted by Crippen LogP contribution is 2.36. The third-order valence-electron chi connectivity index (χ3n) is 6.85. The summed E-state index contributed by atoms with van der Waals surface area (Å²) >= 11 is 0. The van der Waals surface area contributed by atoms with Crippen LogP contribution in [0.15, 0.2) is 96.1 Å². The van der Waals surface area contributed by atoms with Gasteiger partial charge in [-0.3, -0.25) is 0 Å². The molecule has 0 bridgehead atoms. The molecule has 0 saturated heterocycles. The maximum Gasteiger partial charge on any atom is 0.284 e. The summed E-state index contributed by atoms with van der Waals surface area (Å²) in [5.41, 5.74) is 5.45. The number of rotatable bonds is 2. The summed E-state index contributed by atoms with van der Waals surface area (Å²) in [6, 6.07) is 15.5. The molecule has 0 spiro atoms. The Morgan fingerprint density at radius 2 is 1.09 bits per heavy atom. The third kappa shape index (κ3) is 5.59. The average molecular weight is 479 g/mol. The zero-order chi connectivity index (χ0) is 25.1. The molecule has 4 rings (SSSR count). The number of hydrogen-bond donors (Lipinski definition) is 0. The lowest BCUT2D eigenvalue weighted by molar-refractivity contribution is 0.595. The minimum atomic E-state index is -3.91. The van der Waals surface area contributed by atoms with Crippen LogP contribution in [0.4, 0.5) is 0 Å². The molecule has 2 aliphatic rings. The highest BCUT2D eigenvalue weighted by molar-refractivity contribution is 8.00. The minimum Gasteiger partial charge on any atom is -0.202 e. The topological polar surface area (TPSA) is 34.1 Å². The van der Waals surface area contributed by atoms with Crippen molar-refractivity contribution in [1.82, 2.24) is 0 Å². The molecule has 0 aromatic heterocycles. The van der Waals surface area contributed by atoms with Gasteiger partial charge in [-0.2, -0.15) is 0 Å². The molecule has 0 fully saturated rings. The van der Waals surface area contributed by atoms with Gasteiger partial charge in [0.15, 0.2) is 0 Å². The van der Waals surface area contributed by atoms with Gasteiger partial charge in [0.05, 0.1) is 0 Å². The van der Waals surface area contributed by atoms with E-state index in [1.165, 1.54) is 11.1 Å². The van der Waals surface area contributed by atoms with E-state index in [-0.39, 0.29) is 10.8 Å². The van der Waals surface area contributed by atoms with Crippen LogP contribution < -0.4 is 0 Å². The van der Waals surface area contributed by atoms with Gasteiger partial charge in [0.25, 0.3) is 9.84 Å². The van der Waals surface area contributed by atoms with Gasteiger partial charge in [0.1, 0.15) is 0 Å². The van der Waals surface area contributed by atoms with E-state index in [0.717, 1.165) is 24.0 Å². The summed E-state index contributed by atoms with van der Waals surface area (Å²) in [7, 11) is -3.91. The molecule has 0 aliphatic heterocycles. The fourth-order valence-corrected chi connectivity index (χ4v) is 5.04. The van der Waals surface area contributed by atoms with Crippen molar-refractivity contribution in [3.8, 4) is 22.3 Å². The molecule has 0 N–H and O–H groups in total. The highest BCUT2D eigenvalue weighted by Gasteiger charge is 2.27. The SMILES string of the molecule is CC1=CCC(C)(c2ccccc2C#CS(=O)(=O)C#Cc2ccccc2C2(C)C=CC(C)=CC2)C=C1. The van der Waals surface area contributed by atoms with Crippen molar-refractivity contribution >= 4 is 9.84 Å². The van der Waals surface area contributed by atoms with E-state index in [1.807, 2.05) is 48.5 Å². The summed E-state index contributed by atoms with van der Waals surface area (Å²) in [5.74, 6) is 5.80. The Labute approximate surface area is 210 Å². The molecule has 0 amide bonds. The molecule has 2 aromatic rings. The van der Waals surface area contributed by atoms with Crippen molar-refractivity contribution < 1.29 is 8.42 Å². The van der Waals surface area contributed by atoms with Gasteiger partial charge in [-0.25, -0.2) is 8.42 Å². The Balaban J connectivity index is 1.65. The van der Waals surface area contributed by atoms with Gasteiger partial charge in [-0.05, 0) is 61.8 Å². The lowest BCUT2D eigenvalue weighted by atomic mass is 9.74. The van der Waals surface area contributed by atoms with Crippen molar-refractivity contribution in [3.05, 3.63) is 118 Å². The van der Waals surface area contributed by atoms with E-state index < -0.39 is 9.84 Å². The Bertz CT molecular complexity index is 1400. The molecule has 0 radical (unpaired) electrons. The van der Waals surface area contributed by atoms with Crippen LogP contribution in [0.25, 0.3) is 0 Å². The van der Waals surface area contributed by atoms with Gasteiger partial charge in [0.2, 0.25) is 0 Å². The van der Waals surface area contributed by atoms with Gasteiger partial charge in [-0.1, -0.05) is 97.8 Å². The summed E-state index contributed by atoms with van der Waals surface area (Å²) in [6.45, 7) is 8.45. The largest absolute Gasteiger partial charge is 0.284 e. The molecular weight excluding hydrogens is 448 g/mol. The van der Waals surface area contributed by atoms with Crippen LogP contribution >= 0.6 is 0 Å². The number of hydrogen-bond acceptors (Lipinski definition) is 2. The summed E-state index contributed by atoms with van der Waals surface area (Å²) in [5, 5.41) is 4.90. The molecule has 2 aliphatic carbocycles. The number of allylic oxidation sites excluding steroid dienone is 8. The fraction of sp³-hybridized carbons (Fsp3) is 0.250. The Kier molecular flexibility index (Phi) is 6.75. The Morgan fingerprint density at radius 3 is 1.46 bits per heavy atom. The van der Waals surface area contributed by atoms with Gasteiger partial charge < -0.3 is 0 Å². The van der Waals surface area contributed by atoms with Gasteiger partial charge >= 0.3 is 0 Å². The minimum absolute atomic E-state index is 0.227. The van der Waals surface area contributed by atoms with Gasteiger partial charge in [0, 0.05) is 32.5 Å². The monoisotopic (exact) mass is 478 g/mol. The van der Waals surface area contributed by atoms with Crippen LogP contribution in [0, 0.1) is 22.3 Å². The van der Waals surface area contributed by atoms with Crippen molar-refractivity contribution in [2.75, 3.05) is 0 Å². The first-order valence-electron chi connectivity index (χ1n) is 11.8. The maximum absolute atomic E-state index is 12.8. The third-order valence-corrected chi connectivity index (χ3v) is 7.59. The molecular formula is C32H30O2S. The van der Waals surface area contributed by atoms with Crippen molar-refractivity contribution in [1.29, 1.82) is 0 Å². The maximum atomic E-state index is 12.8. The lowest BCUT2D eigenvalue weighted by Gasteiger charge is -2.29. The first kappa shape index (κ1) is 24.6. The Hall–Kier alpha value is -3.53. The van der Waals surface area contributed by atoms with Gasteiger partial charge in [-0.15, -0.1) is 0 Å². The fourth-order valence-electron chi connectivity index (χ4n) is 4.50. The quantitative estimate of drug-likeness (QED) is 0.448. The lowest BCUT2D eigenvalue weighted by Crippen LogP contribution is -2.21. The van der Waals surface area contributed by atoms with Crippen LogP contribution in [0.3, 0.4) is 0 Å². The molecule has 176 valence electrons. The van der Waals surface area contributed by atoms with Crippen LogP contribution in [0.1, 0.15) is 62.8 Å². The van der Waals surface area contributed by atoms with Crippen LogP contribution in [-0.2, 0) is 20.7 Å². The zero-order valence-electron chi connectivity index (χ0n) is 20.7. The van der Waals surface area contributed by atoms with Crippen molar-refractivity contribution in [2.24, 2.45) is 0 Å². The molecule has 35 heavy (non-hydrogen) atoms. The van der Waals surface area contributed by atoms with Crippen LogP contribution in [-0.4, -0.2) is 8.42 Å². The molecule has 2 unspecified atom stereocenters. The predicted octanol–water partition coefficient (Wildman–Crippen LogP) is 6.75. The van der Waals surface area contributed by atoms with Crippen LogP contribution in [0.2, 0.25) is 0 Å². The molecule has 0 heterocycles. The summed E-state index contributed by atoms with van der Waals surface area (Å²) in [4.78, 5) is 0. The van der Waals surface area contributed by atoms with Crippen LogP contribution in [0.5, 0.6) is 0 Å². The smallest absolute Gasteiger partial charge is 0.202 e. The highest BCUT2D eigenvalue weighted by atomic mass is 32.2. The number of benzene rings is 2.